The summed E-state index contributed by atoms with van der Waals surface area (Å²) in [7, 11) is -3.57. The number of nitrogens with zero attached hydrogens (tertiary/aromatic N) is 2. The van der Waals surface area contributed by atoms with E-state index in [1.807, 2.05) is 10.8 Å². The molecule has 0 aliphatic rings. The van der Waals surface area contributed by atoms with E-state index < -0.39 is 15.9 Å². The number of carbonyl (C=O) groups is 1. The van der Waals surface area contributed by atoms with Gasteiger partial charge in [-0.2, -0.15) is 0 Å². The van der Waals surface area contributed by atoms with Crippen molar-refractivity contribution in [2.45, 2.75) is 20.8 Å². The molecule has 6 nitrogen and oxygen atoms in total. The van der Waals surface area contributed by atoms with Gasteiger partial charge in [-0.1, -0.05) is 6.07 Å². The SMILES string of the molecule is CC(=N/C(C)=C(\C)C(=O)NS(C)(=O)=O)c1cccnc1. The first kappa shape index (κ1) is 16.0. The number of sulfonamides is 1. The minimum Gasteiger partial charge on any atom is -0.269 e. The smallest absolute Gasteiger partial charge is 0.262 e. The van der Waals surface area contributed by atoms with Crippen molar-refractivity contribution in [1.82, 2.24) is 9.71 Å². The van der Waals surface area contributed by atoms with Crippen molar-refractivity contribution in [3.8, 4) is 0 Å². The summed E-state index contributed by atoms with van der Waals surface area (Å²) in [6, 6.07) is 3.64. The number of nitrogens with one attached hydrogen (secondary N) is 1. The molecule has 0 bridgehead atoms. The highest BCUT2D eigenvalue weighted by Gasteiger charge is 2.12. The molecule has 20 heavy (non-hydrogen) atoms. The lowest BCUT2D eigenvalue weighted by Crippen LogP contribution is -2.30. The zero-order chi connectivity index (χ0) is 15.3. The van der Waals surface area contributed by atoms with Crippen LogP contribution in [0.15, 0.2) is 40.8 Å². The van der Waals surface area contributed by atoms with Gasteiger partial charge in [0.1, 0.15) is 0 Å². The Hall–Kier alpha value is -2.02. The van der Waals surface area contributed by atoms with Crippen LogP contribution in [0.25, 0.3) is 0 Å². The van der Waals surface area contributed by atoms with Crippen molar-refractivity contribution in [3.05, 3.63) is 41.4 Å². The summed E-state index contributed by atoms with van der Waals surface area (Å²) in [4.78, 5) is 20.0. The minimum absolute atomic E-state index is 0.249. The number of hydrogen-bond donors (Lipinski definition) is 1. The fourth-order valence-corrected chi connectivity index (χ4v) is 1.88. The maximum atomic E-state index is 11.7. The summed E-state index contributed by atoms with van der Waals surface area (Å²) >= 11 is 0. The van der Waals surface area contributed by atoms with Gasteiger partial charge in [-0.3, -0.25) is 14.8 Å². The molecule has 7 heteroatoms. The third-order valence-corrected chi connectivity index (χ3v) is 3.13. The third kappa shape index (κ3) is 4.93. The number of pyridine rings is 1. The molecule has 0 unspecified atom stereocenters. The highest BCUT2D eigenvalue weighted by molar-refractivity contribution is 7.89. The van der Waals surface area contributed by atoms with E-state index >= 15 is 0 Å². The fourth-order valence-electron chi connectivity index (χ4n) is 1.39. The Morgan fingerprint density at radius 1 is 1.30 bits per heavy atom. The summed E-state index contributed by atoms with van der Waals surface area (Å²) in [5.41, 5.74) is 2.23. The lowest BCUT2D eigenvalue weighted by atomic mass is 10.2. The van der Waals surface area contributed by atoms with Gasteiger partial charge >= 0.3 is 0 Å². The molecule has 1 N–H and O–H groups in total. The molecule has 1 aromatic rings. The van der Waals surface area contributed by atoms with Gasteiger partial charge < -0.3 is 0 Å². The average Bonchev–Trinajstić information content (AvgIpc) is 2.36. The topological polar surface area (TPSA) is 88.5 Å². The Balaban J connectivity index is 3.01. The lowest BCUT2D eigenvalue weighted by molar-refractivity contribution is -0.115. The molecule has 0 saturated carbocycles. The van der Waals surface area contributed by atoms with Gasteiger partial charge in [0, 0.05) is 34.9 Å². The van der Waals surface area contributed by atoms with E-state index in [1.54, 1.807) is 32.3 Å². The van der Waals surface area contributed by atoms with Crippen molar-refractivity contribution in [3.63, 3.8) is 0 Å². The molecule has 0 aromatic carbocycles. The fraction of sp³-hybridized carbons (Fsp3) is 0.308. The van der Waals surface area contributed by atoms with Crippen LogP contribution in [0.1, 0.15) is 26.3 Å². The maximum absolute atomic E-state index is 11.7. The van der Waals surface area contributed by atoms with Crippen LogP contribution in [-0.4, -0.2) is 31.3 Å². The van der Waals surface area contributed by atoms with E-state index in [-0.39, 0.29) is 5.57 Å². The number of allylic oxidation sites excluding steroid dienone is 1. The third-order valence-electron chi connectivity index (χ3n) is 2.58. The molecular weight excluding hydrogens is 278 g/mol. The number of aliphatic imine (C=N–C) groups is 1. The molecule has 0 aliphatic heterocycles. The number of amides is 1. The molecule has 108 valence electrons. The molecule has 1 amide bonds. The van der Waals surface area contributed by atoms with E-state index in [0.29, 0.717) is 11.4 Å². The Labute approximate surface area is 118 Å². The predicted molar refractivity (Wildman–Crippen MR) is 77.8 cm³/mol. The molecule has 1 heterocycles. The molecule has 1 rings (SSSR count). The van der Waals surface area contributed by atoms with E-state index in [1.165, 1.54) is 6.92 Å². The summed E-state index contributed by atoms with van der Waals surface area (Å²) in [6.45, 7) is 4.97. The predicted octanol–water partition coefficient (Wildman–Crippen LogP) is 1.26. The van der Waals surface area contributed by atoms with Crippen LogP contribution in [0.4, 0.5) is 0 Å². The van der Waals surface area contributed by atoms with Gasteiger partial charge in [-0.05, 0) is 26.8 Å². The van der Waals surface area contributed by atoms with E-state index in [0.717, 1.165) is 11.8 Å². The van der Waals surface area contributed by atoms with Crippen LogP contribution in [-0.2, 0) is 14.8 Å². The van der Waals surface area contributed by atoms with Crippen LogP contribution in [0.3, 0.4) is 0 Å². The zero-order valence-electron chi connectivity index (χ0n) is 11.8. The minimum atomic E-state index is -3.57. The van der Waals surface area contributed by atoms with Gasteiger partial charge in [0.25, 0.3) is 5.91 Å². The molecule has 0 spiro atoms. The first-order valence-electron chi connectivity index (χ1n) is 5.86. The van der Waals surface area contributed by atoms with Crippen LogP contribution < -0.4 is 4.72 Å². The molecule has 0 radical (unpaired) electrons. The van der Waals surface area contributed by atoms with Crippen LogP contribution in [0.2, 0.25) is 0 Å². The summed E-state index contributed by atoms with van der Waals surface area (Å²) in [5.74, 6) is -0.673. The number of rotatable bonds is 4. The van der Waals surface area contributed by atoms with Crippen LogP contribution in [0, 0.1) is 0 Å². The largest absolute Gasteiger partial charge is 0.269 e. The van der Waals surface area contributed by atoms with Gasteiger partial charge in [-0.15, -0.1) is 0 Å². The van der Waals surface area contributed by atoms with Gasteiger partial charge in [0.2, 0.25) is 10.0 Å². The van der Waals surface area contributed by atoms with Crippen molar-refractivity contribution in [2.75, 3.05) is 6.26 Å². The summed E-state index contributed by atoms with van der Waals surface area (Å²) < 4.78 is 23.9. The summed E-state index contributed by atoms with van der Waals surface area (Å²) in [5, 5.41) is 0. The van der Waals surface area contributed by atoms with Gasteiger partial charge in [0.15, 0.2) is 0 Å². The number of aromatic nitrogens is 1. The zero-order valence-corrected chi connectivity index (χ0v) is 12.7. The highest BCUT2D eigenvalue weighted by atomic mass is 32.2. The van der Waals surface area contributed by atoms with Crippen molar-refractivity contribution in [1.29, 1.82) is 0 Å². The normalized spacial score (nSPS) is 13.7. The Morgan fingerprint density at radius 2 is 1.95 bits per heavy atom. The lowest BCUT2D eigenvalue weighted by Gasteiger charge is -2.06. The van der Waals surface area contributed by atoms with Gasteiger partial charge in [-0.25, -0.2) is 13.1 Å². The molecular formula is C13H17N3O3S. The standard InChI is InChI=1S/C13H17N3O3S/c1-9(13(17)16-20(4,18)19)10(2)15-11(3)12-6-5-7-14-8-12/h5-8H,1-4H3,(H,16,17)/b10-9+,15-11?. The molecule has 1 aromatic heterocycles. The molecule has 0 fully saturated rings. The summed E-state index contributed by atoms with van der Waals surface area (Å²) in [6.07, 6.45) is 4.25. The Morgan fingerprint density at radius 3 is 2.45 bits per heavy atom. The Kier molecular flexibility index (Phi) is 5.15. The van der Waals surface area contributed by atoms with E-state index in [4.69, 9.17) is 0 Å². The number of hydrogen-bond acceptors (Lipinski definition) is 5. The average molecular weight is 295 g/mol. The van der Waals surface area contributed by atoms with Crippen molar-refractivity contribution in [2.24, 2.45) is 4.99 Å². The van der Waals surface area contributed by atoms with Crippen molar-refractivity contribution < 1.29 is 13.2 Å². The first-order chi connectivity index (χ1) is 9.20. The van der Waals surface area contributed by atoms with Gasteiger partial charge in [0.05, 0.1) is 6.26 Å². The molecule has 0 saturated heterocycles. The quantitative estimate of drug-likeness (QED) is 0.669. The molecule has 0 atom stereocenters. The van der Waals surface area contributed by atoms with Crippen LogP contribution >= 0.6 is 0 Å². The second-order valence-corrected chi connectivity index (χ2v) is 6.10. The monoisotopic (exact) mass is 295 g/mol. The van der Waals surface area contributed by atoms with Crippen molar-refractivity contribution >= 4 is 21.6 Å². The van der Waals surface area contributed by atoms with E-state index in [9.17, 15) is 13.2 Å². The second kappa shape index (κ2) is 6.42. The second-order valence-electron chi connectivity index (χ2n) is 4.35. The highest BCUT2D eigenvalue weighted by Crippen LogP contribution is 2.09. The maximum Gasteiger partial charge on any atom is 0.262 e. The Bertz CT molecular complexity index is 661. The number of carbonyl (C=O) groups excluding carboxylic acids is 1. The first-order valence-corrected chi connectivity index (χ1v) is 7.75. The molecule has 0 aliphatic carbocycles. The van der Waals surface area contributed by atoms with Crippen LogP contribution in [0.5, 0.6) is 0 Å². The van der Waals surface area contributed by atoms with E-state index in [2.05, 4.69) is 9.98 Å².